The predicted molar refractivity (Wildman–Crippen MR) is 115 cm³/mol. The molecule has 2 aromatic carbocycles. The third-order valence-corrected chi connectivity index (χ3v) is 5.24. The van der Waals surface area contributed by atoms with Crippen molar-refractivity contribution in [1.29, 1.82) is 0 Å². The molecule has 0 fully saturated rings. The first-order valence-corrected chi connectivity index (χ1v) is 10.0. The number of alkyl carbamates (subject to hydrolysis) is 1. The van der Waals surface area contributed by atoms with Crippen molar-refractivity contribution >= 4 is 12.1 Å². The van der Waals surface area contributed by atoms with E-state index in [2.05, 4.69) is 46.1 Å². The van der Waals surface area contributed by atoms with Gasteiger partial charge >= 0.3 is 12.1 Å². The van der Waals surface area contributed by atoms with E-state index in [1.807, 2.05) is 24.3 Å². The van der Waals surface area contributed by atoms with Gasteiger partial charge in [-0.05, 0) is 22.3 Å². The van der Waals surface area contributed by atoms with Gasteiger partial charge in [0.2, 0.25) is 0 Å². The van der Waals surface area contributed by atoms with Gasteiger partial charge in [-0.1, -0.05) is 61.2 Å². The number of benzene rings is 2. The Labute approximate surface area is 180 Å². The second-order valence-corrected chi connectivity index (χ2v) is 7.22. The van der Waals surface area contributed by atoms with E-state index in [-0.39, 0.29) is 25.6 Å². The van der Waals surface area contributed by atoms with Crippen molar-refractivity contribution in [1.82, 2.24) is 15.3 Å². The van der Waals surface area contributed by atoms with Crippen molar-refractivity contribution < 1.29 is 19.1 Å². The summed E-state index contributed by atoms with van der Waals surface area (Å²) in [6.45, 7) is 3.76. The maximum atomic E-state index is 12.6. The fourth-order valence-electron chi connectivity index (χ4n) is 3.83. The molecular formula is C24H23N3O4. The van der Waals surface area contributed by atoms with Crippen molar-refractivity contribution in [2.24, 2.45) is 0 Å². The summed E-state index contributed by atoms with van der Waals surface area (Å²) >= 11 is 0. The summed E-state index contributed by atoms with van der Waals surface area (Å²) in [4.78, 5) is 31.8. The number of carbonyl (C=O) groups excluding carboxylic acids is 2. The number of nitrogens with one attached hydrogen (secondary N) is 2. The maximum Gasteiger partial charge on any atom is 0.407 e. The number of aromatic nitrogens is 2. The van der Waals surface area contributed by atoms with Crippen LogP contribution in [0.2, 0.25) is 0 Å². The molecule has 0 aliphatic heterocycles. The number of aromatic amines is 1. The van der Waals surface area contributed by atoms with E-state index >= 15 is 0 Å². The van der Waals surface area contributed by atoms with E-state index in [1.165, 1.54) is 12.4 Å². The minimum Gasteiger partial charge on any atom is -0.460 e. The van der Waals surface area contributed by atoms with Crippen LogP contribution >= 0.6 is 0 Å². The Hall–Kier alpha value is -3.87. The molecule has 7 nitrogen and oxygen atoms in total. The second-order valence-electron chi connectivity index (χ2n) is 7.22. The van der Waals surface area contributed by atoms with Crippen LogP contribution in [0.5, 0.6) is 0 Å². The van der Waals surface area contributed by atoms with Crippen molar-refractivity contribution in [2.75, 3.05) is 13.2 Å². The summed E-state index contributed by atoms with van der Waals surface area (Å²) in [7, 11) is 0. The standard InChI is InChI=1S/C24H23N3O4/c1-2-11-30-23(28)22(12-16-13-25-15-26-16)27-24(29)31-14-21-19-9-5-3-7-17(19)18-8-4-6-10-20(18)21/h2-10,13,15,21-22H,1,11-12,14H2,(H,25,26)(H,27,29). The summed E-state index contributed by atoms with van der Waals surface area (Å²) in [6.07, 6.45) is 4.10. The van der Waals surface area contributed by atoms with Gasteiger partial charge in [0, 0.05) is 24.2 Å². The molecule has 0 radical (unpaired) electrons. The highest BCUT2D eigenvalue weighted by atomic mass is 16.6. The average Bonchev–Trinajstić information content (AvgIpc) is 3.41. The maximum absolute atomic E-state index is 12.6. The van der Waals surface area contributed by atoms with Crippen molar-refractivity contribution in [2.45, 2.75) is 18.4 Å². The number of ether oxygens (including phenoxy) is 2. The van der Waals surface area contributed by atoms with Crippen LogP contribution in [-0.4, -0.2) is 41.3 Å². The number of hydrogen-bond donors (Lipinski definition) is 2. The summed E-state index contributed by atoms with van der Waals surface area (Å²) in [5.74, 6) is -0.625. The van der Waals surface area contributed by atoms with Crippen molar-refractivity contribution in [3.8, 4) is 11.1 Å². The van der Waals surface area contributed by atoms with Gasteiger partial charge in [0.1, 0.15) is 19.3 Å². The molecule has 0 bridgehead atoms. The molecule has 1 atom stereocenters. The van der Waals surface area contributed by atoms with Gasteiger partial charge in [0.05, 0.1) is 6.33 Å². The van der Waals surface area contributed by atoms with Crippen LogP contribution in [0.15, 0.2) is 73.7 Å². The topological polar surface area (TPSA) is 93.3 Å². The van der Waals surface area contributed by atoms with Gasteiger partial charge in [-0.15, -0.1) is 0 Å². The van der Waals surface area contributed by atoms with Gasteiger partial charge in [0.15, 0.2) is 0 Å². The zero-order valence-electron chi connectivity index (χ0n) is 16.9. The first-order valence-electron chi connectivity index (χ1n) is 10.0. The van der Waals surface area contributed by atoms with Crippen LogP contribution in [0.4, 0.5) is 4.79 Å². The monoisotopic (exact) mass is 417 g/mol. The van der Waals surface area contributed by atoms with E-state index in [1.54, 1.807) is 6.20 Å². The highest BCUT2D eigenvalue weighted by Gasteiger charge is 2.30. The Morgan fingerprint density at radius 1 is 1.10 bits per heavy atom. The van der Waals surface area contributed by atoms with Gasteiger partial charge in [-0.25, -0.2) is 14.6 Å². The van der Waals surface area contributed by atoms with Gasteiger partial charge in [-0.3, -0.25) is 0 Å². The highest BCUT2D eigenvalue weighted by Crippen LogP contribution is 2.44. The molecule has 0 saturated carbocycles. The third-order valence-electron chi connectivity index (χ3n) is 5.24. The van der Waals surface area contributed by atoms with Gasteiger partial charge < -0.3 is 19.8 Å². The lowest BCUT2D eigenvalue weighted by molar-refractivity contribution is -0.144. The molecule has 1 unspecified atom stereocenters. The SMILES string of the molecule is C=CCOC(=O)C(Cc1cnc[nH]1)NC(=O)OCC1c2ccccc2-c2ccccc21. The van der Waals surface area contributed by atoms with E-state index in [0.29, 0.717) is 5.69 Å². The highest BCUT2D eigenvalue weighted by molar-refractivity contribution is 5.82. The zero-order valence-corrected chi connectivity index (χ0v) is 16.9. The molecule has 1 heterocycles. The second kappa shape index (κ2) is 9.30. The molecule has 1 aliphatic rings. The van der Waals surface area contributed by atoms with Gasteiger partial charge in [0.25, 0.3) is 0 Å². The average molecular weight is 417 g/mol. The molecule has 1 aliphatic carbocycles. The number of esters is 1. The summed E-state index contributed by atoms with van der Waals surface area (Å²) in [5.41, 5.74) is 5.24. The van der Waals surface area contributed by atoms with E-state index in [0.717, 1.165) is 22.3 Å². The Balaban J connectivity index is 1.43. The molecule has 0 saturated heterocycles. The molecule has 1 amide bonds. The first-order chi connectivity index (χ1) is 15.2. The smallest absolute Gasteiger partial charge is 0.407 e. The third kappa shape index (κ3) is 4.50. The Morgan fingerprint density at radius 2 is 1.77 bits per heavy atom. The van der Waals surface area contributed by atoms with Crippen LogP contribution in [0.25, 0.3) is 11.1 Å². The molecule has 158 valence electrons. The van der Waals surface area contributed by atoms with Crippen LogP contribution in [0, 0.1) is 0 Å². The van der Waals surface area contributed by atoms with E-state index < -0.39 is 18.1 Å². The molecule has 4 rings (SSSR count). The summed E-state index contributed by atoms with van der Waals surface area (Å²) in [5, 5.41) is 2.62. The lowest BCUT2D eigenvalue weighted by atomic mass is 9.98. The number of fused-ring (bicyclic) bond motifs is 3. The number of nitrogens with zero attached hydrogens (tertiary/aromatic N) is 1. The van der Waals surface area contributed by atoms with E-state index in [9.17, 15) is 9.59 Å². The van der Waals surface area contributed by atoms with Crippen LogP contribution in [0.3, 0.4) is 0 Å². The minimum atomic E-state index is -0.906. The van der Waals surface area contributed by atoms with Crippen molar-refractivity contribution in [3.63, 3.8) is 0 Å². The predicted octanol–water partition coefficient (Wildman–Crippen LogP) is 3.59. The van der Waals surface area contributed by atoms with Crippen LogP contribution in [-0.2, 0) is 20.7 Å². The fourth-order valence-corrected chi connectivity index (χ4v) is 3.83. The van der Waals surface area contributed by atoms with E-state index in [4.69, 9.17) is 9.47 Å². The van der Waals surface area contributed by atoms with Crippen LogP contribution in [0.1, 0.15) is 22.7 Å². The lowest BCUT2D eigenvalue weighted by Crippen LogP contribution is -2.44. The number of amides is 1. The molecular weight excluding hydrogens is 394 g/mol. The largest absolute Gasteiger partial charge is 0.460 e. The number of imidazole rings is 1. The quantitative estimate of drug-likeness (QED) is 0.432. The molecule has 7 heteroatoms. The number of carbonyl (C=O) groups is 2. The minimum absolute atomic E-state index is 0.0584. The Kier molecular flexibility index (Phi) is 6.12. The Bertz CT molecular complexity index is 1030. The number of H-pyrrole nitrogens is 1. The van der Waals surface area contributed by atoms with Crippen molar-refractivity contribution in [3.05, 3.63) is 90.5 Å². The molecule has 31 heavy (non-hydrogen) atoms. The normalized spacial score (nSPS) is 13.0. The molecule has 0 spiro atoms. The van der Waals surface area contributed by atoms with Gasteiger partial charge in [-0.2, -0.15) is 0 Å². The molecule has 2 N–H and O–H groups in total. The lowest BCUT2D eigenvalue weighted by Gasteiger charge is -2.18. The fraction of sp³-hybridized carbons (Fsp3) is 0.208. The number of rotatable bonds is 8. The zero-order chi connectivity index (χ0) is 21.6. The number of hydrogen-bond acceptors (Lipinski definition) is 5. The summed E-state index contributed by atoms with van der Waals surface area (Å²) in [6, 6.07) is 15.3. The van der Waals surface area contributed by atoms with Crippen LogP contribution < -0.4 is 5.32 Å². The first kappa shape index (κ1) is 20.4. The molecule has 1 aromatic heterocycles. The Morgan fingerprint density at radius 3 is 2.39 bits per heavy atom. The summed E-state index contributed by atoms with van der Waals surface area (Å²) < 4.78 is 10.7. The molecule has 3 aromatic rings.